The summed E-state index contributed by atoms with van der Waals surface area (Å²) in [4.78, 5) is 44.1. The molecule has 8 heteroatoms. The Morgan fingerprint density at radius 3 is 2.71 bits per heavy atom. The van der Waals surface area contributed by atoms with E-state index in [-0.39, 0.29) is 31.9 Å². The minimum absolute atomic E-state index is 0. The van der Waals surface area contributed by atoms with Gasteiger partial charge in [0.1, 0.15) is 12.6 Å². The second-order valence-corrected chi connectivity index (χ2v) is 8.95. The first-order chi connectivity index (χ1) is 15.8. The molecule has 4 heterocycles. The number of para-hydroxylation sites is 1. The van der Waals surface area contributed by atoms with Gasteiger partial charge in [0.15, 0.2) is 0 Å². The molecule has 34 heavy (non-hydrogen) atoms. The number of fused-ring (bicyclic) bond motifs is 5. The first-order valence-corrected chi connectivity index (χ1v) is 11.1. The molecule has 2 aliphatic heterocycles. The Labute approximate surface area is 197 Å². The van der Waals surface area contributed by atoms with Crippen LogP contribution in [0.2, 0.25) is 0 Å². The lowest BCUT2D eigenvalue weighted by molar-refractivity contribution is -0.190. The van der Waals surface area contributed by atoms with Crippen LogP contribution < -0.4 is 11.3 Å². The van der Waals surface area contributed by atoms with Crippen molar-refractivity contribution in [3.05, 3.63) is 63.4 Å². The largest absolute Gasteiger partial charge is 0.457 e. The molecule has 178 valence electrons. The lowest BCUT2D eigenvalue weighted by Crippen LogP contribution is -2.50. The fourth-order valence-electron chi connectivity index (χ4n) is 4.59. The Morgan fingerprint density at radius 1 is 1.26 bits per heavy atom. The van der Waals surface area contributed by atoms with Gasteiger partial charge in [0.05, 0.1) is 29.0 Å². The standard InChI is InChI=1S/C25H25N3O5.CH4/c1-4-25(33-23(30)20(26)13(2)3)17-10-19-21-15(9-14-7-5-6-8-18(14)27-21)11-28(19)22(29)16(17)12-32-24(25)31;/h5-10,13,20H,4,11-12,26H2,1-3H3;1H4/t20-,25-;/m0./s1. The summed E-state index contributed by atoms with van der Waals surface area (Å²) in [7, 11) is 0. The van der Waals surface area contributed by atoms with E-state index in [0.717, 1.165) is 16.5 Å². The molecule has 0 fully saturated rings. The highest BCUT2D eigenvalue weighted by atomic mass is 16.6. The SMILES string of the molecule is C.CC[C@@]1(OC(=O)[C@@H](N)C(C)C)C(=O)OCc2c1cc1n(c2=O)Cc2cc3ccccc3nc2-1. The number of ether oxygens (including phenoxy) is 2. The molecule has 0 saturated heterocycles. The molecular weight excluding hydrogens is 434 g/mol. The predicted molar refractivity (Wildman–Crippen MR) is 128 cm³/mol. The van der Waals surface area contributed by atoms with Gasteiger partial charge in [-0.15, -0.1) is 0 Å². The number of rotatable bonds is 4. The summed E-state index contributed by atoms with van der Waals surface area (Å²) < 4.78 is 12.7. The number of esters is 2. The van der Waals surface area contributed by atoms with Crippen molar-refractivity contribution in [2.45, 2.75) is 59.4 Å². The summed E-state index contributed by atoms with van der Waals surface area (Å²) in [5.74, 6) is -1.59. The molecule has 1 aromatic carbocycles. The summed E-state index contributed by atoms with van der Waals surface area (Å²) in [6, 6.07) is 10.6. The molecule has 8 nitrogen and oxygen atoms in total. The minimum atomic E-state index is -1.73. The van der Waals surface area contributed by atoms with Crippen molar-refractivity contribution in [1.82, 2.24) is 9.55 Å². The molecule has 2 N–H and O–H groups in total. The van der Waals surface area contributed by atoms with Crippen LogP contribution >= 0.6 is 0 Å². The maximum absolute atomic E-state index is 13.5. The highest BCUT2D eigenvalue weighted by Gasteiger charge is 2.51. The lowest BCUT2D eigenvalue weighted by atomic mass is 9.85. The van der Waals surface area contributed by atoms with E-state index in [1.54, 1.807) is 31.4 Å². The number of aromatic nitrogens is 2. The third kappa shape index (κ3) is 3.32. The fraction of sp³-hybridized carbons (Fsp3) is 0.385. The molecule has 2 atom stereocenters. The number of cyclic esters (lactones) is 1. The normalized spacial score (nSPS) is 19.0. The van der Waals surface area contributed by atoms with Gasteiger partial charge in [0, 0.05) is 16.5 Å². The van der Waals surface area contributed by atoms with Crippen LogP contribution in [0.15, 0.2) is 41.2 Å². The van der Waals surface area contributed by atoms with E-state index in [0.29, 0.717) is 29.1 Å². The molecule has 5 rings (SSSR count). The Bertz CT molecular complexity index is 1380. The van der Waals surface area contributed by atoms with Gasteiger partial charge < -0.3 is 19.8 Å². The number of nitrogens with two attached hydrogens (primary N) is 1. The van der Waals surface area contributed by atoms with Crippen molar-refractivity contribution in [2.75, 3.05) is 0 Å². The van der Waals surface area contributed by atoms with Crippen molar-refractivity contribution < 1.29 is 19.1 Å². The van der Waals surface area contributed by atoms with E-state index < -0.39 is 23.6 Å². The monoisotopic (exact) mass is 463 g/mol. The smallest absolute Gasteiger partial charge is 0.355 e. The number of benzene rings is 1. The molecule has 0 amide bonds. The van der Waals surface area contributed by atoms with Gasteiger partial charge in [-0.05, 0) is 30.5 Å². The number of carbonyl (C=O) groups is 2. The van der Waals surface area contributed by atoms with E-state index in [4.69, 9.17) is 20.2 Å². The topological polar surface area (TPSA) is 114 Å². The van der Waals surface area contributed by atoms with Crippen LogP contribution in [-0.4, -0.2) is 27.5 Å². The van der Waals surface area contributed by atoms with E-state index in [1.165, 1.54) is 0 Å². The highest BCUT2D eigenvalue weighted by Crippen LogP contribution is 2.41. The molecular formula is C26H29N3O5. The third-order valence-corrected chi connectivity index (χ3v) is 6.65. The molecule has 0 unspecified atom stereocenters. The molecule has 2 aromatic heterocycles. The molecule has 0 spiro atoms. The van der Waals surface area contributed by atoms with Gasteiger partial charge in [0.2, 0.25) is 5.60 Å². The van der Waals surface area contributed by atoms with E-state index in [2.05, 4.69) is 0 Å². The molecule has 3 aromatic rings. The summed E-state index contributed by atoms with van der Waals surface area (Å²) in [5, 5.41) is 0.986. The Kier molecular flexibility index (Phi) is 5.81. The number of carbonyl (C=O) groups excluding carboxylic acids is 2. The van der Waals surface area contributed by atoms with Crippen LogP contribution in [0, 0.1) is 5.92 Å². The Hall–Kier alpha value is -3.52. The molecule has 0 radical (unpaired) electrons. The number of pyridine rings is 2. The second kappa shape index (κ2) is 8.36. The van der Waals surface area contributed by atoms with Crippen molar-refractivity contribution in [2.24, 2.45) is 11.7 Å². The third-order valence-electron chi connectivity index (χ3n) is 6.65. The van der Waals surface area contributed by atoms with Crippen LogP contribution in [0.3, 0.4) is 0 Å². The summed E-state index contributed by atoms with van der Waals surface area (Å²) >= 11 is 0. The first kappa shape index (κ1) is 23.6. The van der Waals surface area contributed by atoms with Gasteiger partial charge in [-0.1, -0.05) is 46.4 Å². The zero-order valence-electron chi connectivity index (χ0n) is 18.8. The van der Waals surface area contributed by atoms with E-state index >= 15 is 0 Å². The Morgan fingerprint density at radius 2 is 2.00 bits per heavy atom. The fourth-order valence-corrected chi connectivity index (χ4v) is 4.59. The van der Waals surface area contributed by atoms with Crippen LogP contribution in [-0.2, 0) is 37.8 Å². The predicted octanol–water partition coefficient (Wildman–Crippen LogP) is 3.25. The summed E-state index contributed by atoms with van der Waals surface area (Å²) in [6.45, 7) is 5.51. The van der Waals surface area contributed by atoms with Crippen molar-refractivity contribution in [3.8, 4) is 11.4 Å². The zero-order valence-corrected chi connectivity index (χ0v) is 18.8. The van der Waals surface area contributed by atoms with Gasteiger partial charge in [-0.3, -0.25) is 9.59 Å². The first-order valence-electron chi connectivity index (χ1n) is 11.1. The van der Waals surface area contributed by atoms with Crippen LogP contribution in [0.5, 0.6) is 0 Å². The van der Waals surface area contributed by atoms with E-state index in [9.17, 15) is 14.4 Å². The number of hydrogen-bond donors (Lipinski definition) is 1. The molecule has 0 aliphatic carbocycles. The van der Waals surface area contributed by atoms with Crippen LogP contribution in [0.4, 0.5) is 0 Å². The van der Waals surface area contributed by atoms with Gasteiger partial charge in [-0.2, -0.15) is 0 Å². The quantitative estimate of drug-likeness (QED) is 0.462. The minimum Gasteiger partial charge on any atom is -0.457 e. The van der Waals surface area contributed by atoms with Gasteiger partial charge in [-0.25, -0.2) is 9.78 Å². The maximum atomic E-state index is 13.5. The lowest BCUT2D eigenvalue weighted by Gasteiger charge is -2.36. The zero-order chi connectivity index (χ0) is 23.5. The summed E-state index contributed by atoms with van der Waals surface area (Å²) in [6.07, 6.45) is 0.107. The van der Waals surface area contributed by atoms with E-state index in [1.807, 2.05) is 30.3 Å². The molecule has 2 aliphatic rings. The molecule has 0 bridgehead atoms. The average Bonchev–Trinajstić information content (AvgIpc) is 3.16. The van der Waals surface area contributed by atoms with Gasteiger partial charge >= 0.3 is 11.9 Å². The highest BCUT2D eigenvalue weighted by molar-refractivity contribution is 5.89. The second-order valence-electron chi connectivity index (χ2n) is 8.95. The summed E-state index contributed by atoms with van der Waals surface area (Å²) in [5.41, 5.74) is 7.65. The average molecular weight is 464 g/mol. The van der Waals surface area contributed by atoms with Crippen molar-refractivity contribution >= 4 is 22.8 Å². The van der Waals surface area contributed by atoms with Crippen molar-refractivity contribution in [1.29, 1.82) is 0 Å². The van der Waals surface area contributed by atoms with Crippen LogP contribution in [0.25, 0.3) is 22.3 Å². The number of nitrogens with zero attached hydrogens (tertiary/aromatic N) is 2. The van der Waals surface area contributed by atoms with Crippen LogP contribution in [0.1, 0.15) is 51.3 Å². The van der Waals surface area contributed by atoms with Gasteiger partial charge in [0.25, 0.3) is 5.56 Å². The van der Waals surface area contributed by atoms with Crippen molar-refractivity contribution in [3.63, 3.8) is 0 Å². The molecule has 0 saturated carbocycles. The maximum Gasteiger partial charge on any atom is 0.355 e. The Balaban J connectivity index is 0.00000274. The number of hydrogen-bond acceptors (Lipinski definition) is 7.